The van der Waals surface area contributed by atoms with E-state index < -0.39 is 0 Å². The number of anilines is 1. The van der Waals surface area contributed by atoms with Crippen molar-refractivity contribution in [3.8, 4) is 0 Å². The Morgan fingerprint density at radius 3 is 2.54 bits per heavy atom. The molecule has 24 heavy (non-hydrogen) atoms. The molecule has 0 spiro atoms. The van der Waals surface area contributed by atoms with Gasteiger partial charge in [0.2, 0.25) is 5.91 Å². The molecule has 0 aliphatic rings. The summed E-state index contributed by atoms with van der Waals surface area (Å²) in [6.45, 7) is 0.660. The summed E-state index contributed by atoms with van der Waals surface area (Å²) in [7, 11) is 0. The predicted octanol–water partition coefficient (Wildman–Crippen LogP) is 3.49. The lowest BCUT2D eigenvalue weighted by Gasteiger charge is -2.06. The number of aromatic nitrogens is 1. The Hall–Kier alpha value is -1.43. The molecule has 2 rings (SSSR count). The lowest BCUT2D eigenvalue weighted by Crippen LogP contribution is -2.25. The largest absolute Gasteiger partial charge is 0.399 e. The number of halogens is 2. The summed E-state index contributed by atoms with van der Waals surface area (Å²) in [4.78, 5) is 16.0. The van der Waals surface area contributed by atoms with Crippen LogP contribution in [-0.4, -0.2) is 23.2 Å². The highest BCUT2D eigenvalue weighted by Crippen LogP contribution is 2.10. The molecule has 0 saturated heterocycles. The number of amides is 1. The van der Waals surface area contributed by atoms with Gasteiger partial charge in [-0.05, 0) is 36.2 Å². The third-order valence-corrected chi connectivity index (χ3v) is 4.16. The molecule has 0 aliphatic heterocycles. The number of nitrogens with two attached hydrogens (primary N) is 1. The van der Waals surface area contributed by atoms with Crippen molar-refractivity contribution < 1.29 is 4.79 Å². The summed E-state index contributed by atoms with van der Waals surface area (Å²) >= 11 is 1.73. The molecular weight excluding hydrogens is 365 g/mol. The Bertz CT molecular complexity index is 582. The number of hydrogen-bond donors (Lipinski definition) is 2. The maximum absolute atomic E-state index is 11.7. The van der Waals surface area contributed by atoms with E-state index in [1.165, 1.54) is 5.56 Å². The average molecular weight is 388 g/mol. The highest BCUT2D eigenvalue weighted by atomic mass is 35.5. The Kier molecular flexibility index (Phi) is 12.2. The summed E-state index contributed by atoms with van der Waals surface area (Å²) < 4.78 is 0. The van der Waals surface area contributed by atoms with Crippen LogP contribution in [0.25, 0.3) is 0 Å². The van der Waals surface area contributed by atoms with Crippen LogP contribution in [0, 0.1) is 0 Å². The van der Waals surface area contributed by atoms with Gasteiger partial charge < -0.3 is 11.1 Å². The van der Waals surface area contributed by atoms with Crippen LogP contribution in [0.3, 0.4) is 0 Å². The van der Waals surface area contributed by atoms with Gasteiger partial charge >= 0.3 is 0 Å². The number of rotatable bonds is 8. The van der Waals surface area contributed by atoms with Crippen LogP contribution in [0.2, 0.25) is 0 Å². The van der Waals surface area contributed by atoms with E-state index in [2.05, 4.69) is 10.3 Å². The highest BCUT2D eigenvalue weighted by molar-refractivity contribution is 7.98. The maximum atomic E-state index is 11.7. The molecule has 0 radical (unpaired) electrons. The van der Waals surface area contributed by atoms with Crippen molar-refractivity contribution in [3.05, 3.63) is 59.9 Å². The van der Waals surface area contributed by atoms with Crippen LogP contribution in [-0.2, 0) is 17.0 Å². The molecule has 1 aromatic heterocycles. The lowest BCUT2D eigenvalue weighted by molar-refractivity contribution is -0.120. The second kappa shape index (κ2) is 12.9. The number of carbonyl (C=O) groups excluding carboxylic acids is 1. The minimum Gasteiger partial charge on any atom is -0.399 e. The summed E-state index contributed by atoms with van der Waals surface area (Å²) in [5, 5.41) is 2.95. The van der Waals surface area contributed by atoms with Gasteiger partial charge in [0, 0.05) is 36.4 Å². The molecule has 0 atom stereocenters. The van der Waals surface area contributed by atoms with E-state index in [0.717, 1.165) is 29.3 Å². The summed E-state index contributed by atoms with van der Waals surface area (Å²) in [5.74, 6) is 1.76. The van der Waals surface area contributed by atoms with Gasteiger partial charge in [0.15, 0.2) is 0 Å². The first kappa shape index (κ1) is 22.6. The molecular formula is C17H23Cl2N3OS. The molecule has 0 unspecified atom stereocenters. The van der Waals surface area contributed by atoms with E-state index in [9.17, 15) is 4.79 Å². The second-order valence-corrected chi connectivity index (χ2v) is 6.07. The Morgan fingerprint density at radius 1 is 1.12 bits per heavy atom. The van der Waals surface area contributed by atoms with Crippen LogP contribution in [0.4, 0.5) is 5.69 Å². The van der Waals surface area contributed by atoms with E-state index in [1.807, 2.05) is 42.5 Å². The summed E-state index contributed by atoms with van der Waals surface area (Å²) in [5.41, 5.74) is 8.63. The summed E-state index contributed by atoms with van der Waals surface area (Å²) in [6.07, 6.45) is 3.16. The topological polar surface area (TPSA) is 68.0 Å². The first-order valence-electron chi connectivity index (χ1n) is 7.33. The number of benzene rings is 1. The fourth-order valence-electron chi connectivity index (χ4n) is 1.94. The highest BCUT2D eigenvalue weighted by Gasteiger charge is 2.02. The molecule has 0 aliphatic carbocycles. The van der Waals surface area contributed by atoms with Crippen LogP contribution < -0.4 is 11.1 Å². The van der Waals surface area contributed by atoms with Crippen molar-refractivity contribution >= 4 is 48.2 Å². The molecule has 0 saturated carbocycles. The van der Waals surface area contributed by atoms with Gasteiger partial charge in [0.05, 0.1) is 5.69 Å². The van der Waals surface area contributed by atoms with Gasteiger partial charge in [0.25, 0.3) is 0 Å². The molecule has 3 N–H and O–H groups in total. The van der Waals surface area contributed by atoms with Gasteiger partial charge in [0.1, 0.15) is 0 Å². The lowest BCUT2D eigenvalue weighted by atomic mass is 10.1. The molecule has 1 aromatic carbocycles. The van der Waals surface area contributed by atoms with Crippen LogP contribution in [0.15, 0.2) is 48.7 Å². The SMILES string of the molecule is Cl.Cl.Nc1ccc(CCNC(=O)CCSCc2ccccn2)cc1. The molecule has 4 nitrogen and oxygen atoms in total. The number of nitrogens with one attached hydrogen (secondary N) is 1. The van der Waals surface area contributed by atoms with Crippen molar-refractivity contribution in [2.75, 3.05) is 18.0 Å². The quantitative estimate of drug-likeness (QED) is 0.537. The maximum Gasteiger partial charge on any atom is 0.220 e. The zero-order chi connectivity index (χ0) is 15.6. The van der Waals surface area contributed by atoms with Crippen molar-refractivity contribution in [3.63, 3.8) is 0 Å². The van der Waals surface area contributed by atoms with Gasteiger partial charge in [-0.25, -0.2) is 0 Å². The molecule has 2 aromatic rings. The standard InChI is InChI=1S/C17H21N3OS.2ClH/c18-15-6-4-14(5-7-15)8-11-20-17(21)9-12-22-13-16-3-1-2-10-19-16;;/h1-7,10H,8-9,11-13,18H2,(H,20,21);2*1H. The van der Waals surface area contributed by atoms with Gasteiger partial charge in [-0.2, -0.15) is 11.8 Å². The molecule has 1 amide bonds. The average Bonchev–Trinajstić information content (AvgIpc) is 2.54. The third-order valence-electron chi connectivity index (χ3n) is 3.17. The number of carbonyl (C=O) groups is 1. The van der Waals surface area contributed by atoms with Crippen molar-refractivity contribution in [2.24, 2.45) is 0 Å². The molecule has 7 heteroatoms. The van der Waals surface area contributed by atoms with Gasteiger partial charge in [-0.15, -0.1) is 24.8 Å². The normalized spacial score (nSPS) is 9.50. The van der Waals surface area contributed by atoms with Crippen LogP contribution in [0.5, 0.6) is 0 Å². The number of pyridine rings is 1. The van der Waals surface area contributed by atoms with E-state index in [4.69, 9.17) is 5.73 Å². The van der Waals surface area contributed by atoms with Crippen molar-refractivity contribution in [1.29, 1.82) is 0 Å². The van der Waals surface area contributed by atoms with Crippen LogP contribution in [0.1, 0.15) is 17.7 Å². The summed E-state index contributed by atoms with van der Waals surface area (Å²) in [6, 6.07) is 13.6. The molecule has 0 bridgehead atoms. The number of nitrogens with zero attached hydrogens (tertiary/aromatic N) is 1. The first-order chi connectivity index (χ1) is 10.7. The Labute approximate surface area is 159 Å². The second-order valence-electron chi connectivity index (χ2n) is 4.97. The fraction of sp³-hybridized carbons (Fsp3) is 0.294. The van der Waals surface area contributed by atoms with Crippen molar-refractivity contribution in [2.45, 2.75) is 18.6 Å². The molecule has 0 fully saturated rings. The van der Waals surface area contributed by atoms with Gasteiger partial charge in [-0.1, -0.05) is 18.2 Å². The smallest absolute Gasteiger partial charge is 0.220 e. The van der Waals surface area contributed by atoms with Gasteiger partial charge in [-0.3, -0.25) is 9.78 Å². The molecule has 1 heterocycles. The Morgan fingerprint density at radius 2 is 1.88 bits per heavy atom. The van der Waals surface area contributed by atoms with E-state index in [1.54, 1.807) is 18.0 Å². The monoisotopic (exact) mass is 387 g/mol. The van der Waals surface area contributed by atoms with E-state index >= 15 is 0 Å². The van der Waals surface area contributed by atoms with Crippen LogP contribution >= 0.6 is 36.6 Å². The number of hydrogen-bond acceptors (Lipinski definition) is 4. The van der Waals surface area contributed by atoms with Crippen molar-refractivity contribution in [1.82, 2.24) is 10.3 Å². The minimum atomic E-state index is 0. The fourth-order valence-corrected chi connectivity index (χ4v) is 2.80. The Balaban J connectivity index is 0.00000264. The molecule has 132 valence electrons. The van der Waals surface area contributed by atoms with E-state index in [0.29, 0.717) is 13.0 Å². The zero-order valence-corrected chi connectivity index (χ0v) is 15.8. The number of nitrogen functional groups attached to an aromatic ring is 1. The zero-order valence-electron chi connectivity index (χ0n) is 13.3. The minimum absolute atomic E-state index is 0. The van der Waals surface area contributed by atoms with E-state index in [-0.39, 0.29) is 30.7 Å². The first-order valence-corrected chi connectivity index (χ1v) is 8.48. The third kappa shape index (κ3) is 9.01. The predicted molar refractivity (Wildman–Crippen MR) is 107 cm³/mol. The number of thioether (sulfide) groups is 1.